The number of nitrogens with zero attached hydrogens (tertiary/aromatic N) is 1. The van der Waals surface area contributed by atoms with Crippen LogP contribution in [0.3, 0.4) is 0 Å². The van der Waals surface area contributed by atoms with Crippen LogP contribution in [-0.2, 0) is 3.07 Å². The topological polar surface area (TPSA) is 12.5 Å². The molecule has 0 spiro atoms. The molecule has 1 unspecified atom stereocenters. The van der Waals surface area contributed by atoms with Crippen LogP contribution in [0.25, 0.3) is 0 Å². The fourth-order valence-corrected chi connectivity index (χ4v) is 1.64. The number of likely N-dealkylation sites (tertiary alicyclic amines) is 1. The Labute approximate surface area is 80.8 Å². The third-order valence-electron chi connectivity index (χ3n) is 1.91. The fourth-order valence-electron chi connectivity index (χ4n) is 1.33. The van der Waals surface area contributed by atoms with Crippen LogP contribution in [0.15, 0.2) is 0 Å². The highest BCUT2D eigenvalue weighted by Crippen LogP contribution is 2.12. The van der Waals surface area contributed by atoms with Gasteiger partial charge in [0.1, 0.15) is 29.2 Å². The van der Waals surface area contributed by atoms with Gasteiger partial charge >= 0.3 is 0 Å². The molecule has 1 aliphatic heterocycles. The van der Waals surface area contributed by atoms with Crippen LogP contribution in [0.4, 0.5) is 4.39 Å². The van der Waals surface area contributed by atoms with Crippen molar-refractivity contribution >= 4 is 23.0 Å². The summed E-state index contributed by atoms with van der Waals surface area (Å²) in [5, 5.41) is 0. The molecule has 1 heterocycles. The average Bonchev–Trinajstić information content (AvgIpc) is 2.37. The van der Waals surface area contributed by atoms with Gasteiger partial charge in [-0.3, -0.25) is 0 Å². The number of hydrogen-bond donors (Lipinski definition) is 0. The maximum absolute atomic E-state index is 12.6. The molecule has 0 bridgehead atoms. The molecule has 1 atom stereocenters. The molecule has 1 fully saturated rings. The van der Waals surface area contributed by atoms with Gasteiger partial charge in [0.2, 0.25) is 0 Å². The zero-order valence-corrected chi connectivity index (χ0v) is 8.59. The van der Waals surface area contributed by atoms with Crippen LogP contribution in [0.5, 0.6) is 0 Å². The third kappa shape index (κ3) is 3.66. The van der Waals surface area contributed by atoms with Gasteiger partial charge in [-0.1, -0.05) is 0 Å². The minimum absolute atomic E-state index is 0.587. The van der Waals surface area contributed by atoms with Crippen LogP contribution in [0.1, 0.15) is 12.8 Å². The monoisotopic (exact) mass is 273 g/mol. The Morgan fingerprint density at radius 3 is 3.00 bits per heavy atom. The Kier molecular flexibility index (Phi) is 4.63. The minimum Gasteiger partial charge on any atom is -0.316 e. The van der Waals surface area contributed by atoms with E-state index in [0.717, 1.165) is 26.1 Å². The van der Waals surface area contributed by atoms with Gasteiger partial charge in [-0.25, -0.2) is 4.39 Å². The summed E-state index contributed by atoms with van der Waals surface area (Å²) in [5.74, 6) is 0. The first-order valence-corrected chi connectivity index (χ1v) is 4.81. The number of halogens is 2. The van der Waals surface area contributed by atoms with E-state index in [-0.39, 0.29) is 0 Å². The Bertz CT molecular complexity index is 115. The van der Waals surface area contributed by atoms with Crippen molar-refractivity contribution < 1.29 is 7.46 Å². The van der Waals surface area contributed by atoms with Crippen molar-refractivity contribution in [2.24, 2.45) is 0 Å². The molecule has 1 saturated heterocycles. The van der Waals surface area contributed by atoms with Crippen molar-refractivity contribution in [3.8, 4) is 0 Å². The predicted octanol–water partition coefficient (Wildman–Crippen LogP) is 1.79. The standard InChI is InChI=1S/C7H13FINO/c8-7-2-4-10(6-7)3-1-5-11-9/h7H,1-6H2. The zero-order chi connectivity index (χ0) is 8.10. The van der Waals surface area contributed by atoms with Gasteiger partial charge < -0.3 is 7.97 Å². The quantitative estimate of drug-likeness (QED) is 0.572. The van der Waals surface area contributed by atoms with Crippen LogP contribution < -0.4 is 0 Å². The summed E-state index contributed by atoms with van der Waals surface area (Å²) in [6.07, 6.45) is 1.14. The second-order valence-electron chi connectivity index (χ2n) is 2.85. The molecular formula is C7H13FINO. The molecule has 4 heteroatoms. The predicted molar refractivity (Wildman–Crippen MR) is 50.5 cm³/mol. The fraction of sp³-hybridized carbons (Fsp3) is 1.00. The van der Waals surface area contributed by atoms with E-state index in [2.05, 4.69) is 4.90 Å². The molecule has 0 aromatic heterocycles. The second-order valence-corrected chi connectivity index (χ2v) is 3.48. The van der Waals surface area contributed by atoms with Gasteiger partial charge in [0, 0.05) is 19.6 Å². The summed E-state index contributed by atoms with van der Waals surface area (Å²) in [5.41, 5.74) is 0. The van der Waals surface area contributed by atoms with Crippen molar-refractivity contribution in [2.75, 3.05) is 26.2 Å². The van der Waals surface area contributed by atoms with Crippen molar-refractivity contribution in [1.82, 2.24) is 4.90 Å². The number of hydrogen-bond acceptors (Lipinski definition) is 2. The number of rotatable bonds is 4. The Hall–Kier alpha value is 0.580. The Balaban J connectivity index is 1.99. The molecule has 0 aromatic carbocycles. The largest absolute Gasteiger partial charge is 0.316 e. The highest BCUT2D eigenvalue weighted by Gasteiger charge is 2.20. The first-order valence-electron chi connectivity index (χ1n) is 3.93. The summed E-state index contributed by atoms with van der Waals surface area (Å²) in [7, 11) is 0. The van der Waals surface area contributed by atoms with E-state index in [1.54, 1.807) is 0 Å². The zero-order valence-electron chi connectivity index (χ0n) is 6.43. The lowest BCUT2D eigenvalue weighted by atomic mass is 10.3. The van der Waals surface area contributed by atoms with Gasteiger partial charge in [-0.15, -0.1) is 0 Å². The van der Waals surface area contributed by atoms with Gasteiger partial charge in [0.15, 0.2) is 0 Å². The molecule has 0 N–H and O–H groups in total. The molecule has 1 aliphatic rings. The molecule has 66 valence electrons. The van der Waals surface area contributed by atoms with E-state index in [1.807, 2.05) is 23.0 Å². The molecule has 11 heavy (non-hydrogen) atoms. The Morgan fingerprint density at radius 1 is 1.64 bits per heavy atom. The lowest BCUT2D eigenvalue weighted by Gasteiger charge is -2.12. The van der Waals surface area contributed by atoms with Crippen LogP contribution in [-0.4, -0.2) is 37.3 Å². The van der Waals surface area contributed by atoms with Crippen LogP contribution in [0.2, 0.25) is 0 Å². The van der Waals surface area contributed by atoms with E-state index in [4.69, 9.17) is 3.07 Å². The normalized spacial score (nSPS) is 26.2. The number of alkyl halides is 1. The van der Waals surface area contributed by atoms with Gasteiger partial charge in [-0.05, 0) is 12.8 Å². The highest BCUT2D eigenvalue weighted by molar-refractivity contribution is 14.1. The summed E-state index contributed by atoms with van der Waals surface area (Å²) in [6, 6.07) is 0. The van der Waals surface area contributed by atoms with Crippen molar-refractivity contribution in [1.29, 1.82) is 0 Å². The molecule has 2 nitrogen and oxygen atoms in total. The minimum atomic E-state index is -0.587. The highest BCUT2D eigenvalue weighted by atomic mass is 127. The molecular weight excluding hydrogens is 260 g/mol. The summed E-state index contributed by atoms with van der Waals surface area (Å²) in [6.45, 7) is 3.29. The van der Waals surface area contributed by atoms with E-state index >= 15 is 0 Å². The maximum Gasteiger partial charge on any atom is 0.114 e. The second kappa shape index (κ2) is 5.27. The smallest absolute Gasteiger partial charge is 0.114 e. The molecule has 0 aliphatic carbocycles. The van der Waals surface area contributed by atoms with Gasteiger partial charge in [0.05, 0.1) is 6.61 Å². The molecule has 1 rings (SSSR count). The average molecular weight is 273 g/mol. The van der Waals surface area contributed by atoms with Gasteiger partial charge in [0.25, 0.3) is 0 Å². The summed E-state index contributed by atoms with van der Waals surface area (Å²) >= 11 is 1.89. The molecule has 0 radical (unpaired) electrons. The SMILES string of the molecule is FC1CCN(CCCOI)C1. The molecule has 0 amide bonds. The summed E-state index contributed by atoms with van der Waals surface area (Å²) < 4.78 is 17.5. The Morgan fingerprint density at radius 2 is 2.45 bits per heavy atom. The first-order chi connectivity index (χ1) is 5.33. The van der Waals surface area contributed by atoms with Crippen molar-refractivity contribution in [3.63, 3.8) is 0 Å². The lowest BCUT2D eigenvalue weighted by molar-refractivity contribution is 0.270. The van der Waals surface area contributed by atoms with Crippen LogP contribution >= 0.6 is 23.0 Å². The van der Waals surface area contributed by atoms with E-state index in [0.29, 0.717) is 13.0 Å². The van der Waals surface area contributed by atoms with E-state index in [9.17, 15) is 4.39 Å². The molecule has 0 saturated carbocycles. The van der Waals surface area contributed by atoms with Gasteiger partial charge in [-0.2, -0.15) is 0 Å². The van der Waals surface area contributed by atoms with E-state index in [1.165, 1.54) is 0 Å². The van der Waals surface area contributed by atoms with Crippen LogP contribution in [0, 0.1) is 0 Å². The van der Waals surface area contributed by atoms with Crippen molar-refractivity contribution in [2.45, 2.75) is 19.0 Å². The van der Waals surface area contributed by atoms with Crippen molar-refractivity contribution in [3.05, 3.63) is 0 Å². The first kappa shape index (κ1) is 9.67. The third-order valence-corrected chi connectivity index (χ3v) is 2.35. The van der Waals surface area contributed by atoms with E-state index < -0.39 is 6.17 Å². The molecule has 0 aromatic rings. The summed E-state index contributed by atoms with van der Waals surface area (Å²) in [4.78, 5) is 2.15. The maximum atomic E-state index is 12.6. The lowest BCUT2D eigenvalue weighted by Crippen LogP contribution is -2.22.